The minimum Gasteiger partial charge on any atom is -0.507 e. The summed E-state index contributed by atoms with van der Waals surface area (Å²) in [6.07, 6.45) is 3.94. The Labute approximate surface area is 191 Å². The van der Waals surface area contributed by atoms with Gasteiger partial charge in [0.2, 0.25) is 0 Å². The van der Waals surface area contributed by atoms with Crippen LogP contribution in [0, 0.1) is 0 Å². The first-order valence-electron chi connectivity index (χ1n) is 11.4. The van der Waals surface area contributed by atoms with Gasteiger partial charge in [0.15, 0.2) is 5.82 Å². The number of aromatic nitrogens is 3. The van der Waals surface area contributed by atoms with Crippen molar-refractivity contribution in [1.82, 2.24) is 20.5 Å². The maximum Gasteiger partial charge on any atom is 0.151 e. The van der Waals surface area contributed by atoms with Crippen LogP contribution in [0.5, 0.6) is 5.75 Å². The Morgan fingerprint density at radius 1 is 1.03 bits per heavy atom. The molecule has 0 saturated carbocycles. The summed E-state index contributed by atoms with van der Waals surface area (Å²) in [5, 5.41) is 24.4. The van der Waals surface area contributed by atoms with Crippen molar-refractivity contribution in [3.05, 3.63) is 42.1 Å². The van der Waals surface area contributed by atoms with E-state index in [2.05, 4.69) is 80.1 Å². The monoisotopic (exact) mass is 433 g/mol. The highest BCUT2D eigenvalue weighted by Gasteiger charge is 2.39. The molecule has 0 amide bonds. The number of piperidine rings is 1. The minimum absolute atomic E-state index is 0.0588. The van der Waals surface area contributed by atoms with Crippen LogP contribution in [-0.2, 0) is 0 Å². The number of anilines is 1. The topological polar surface area (TPSA) is 74.2 Å². The summed E-state index contributed by atoms with van der Waals surface area (Å²) < 4.78 is 0. The van der Waals surface area contributed by atoms with Gasteiger partial charge in [-0.05, 0) is 82.3 Å². The van der Waals surface area contributed by atoms with E-state index in [0.717, 1.165) is 29.6 Å². The average Bonchev–Trinajstić information content (AvgIpc) is 2.70. The summed E-state index contributed by atoms with van der Waals surface area (Å²) in [7, 11) is 2.09. The van der Waals surface area contributed by atoms with Gasteiger partial charge in [0.25, 0.3) is 0 Å². The maximum absolute atomic E-state index is 10.6. The lowest BCUT2D eigenvalue weighted by atomic mass is 9.79. The second-order valence-corrected chi connectivity index (χ2v) is 10.8. The van der Waals surface area contributed by atoms with Crippen LogP contribution in [-0.4, -0.2) is 44.5 Å². The van der Waals surface area contributed by atoms with E-state index in [1.807, 2.05) is 24.4 Å². The number of hydrogen-bond acceptors (Lipinski definition) is 6. The number of fused-ring (bicyclic) bond motifs is 1. The lowest BCUT2D eigenvalue weighted by Gasteiger charge is -2.49. The van der Waals surface area contributed by atoms with Gasteiger partial charge in [-0.15, -0.1) is 10.2 Å². The molecule has 1 saturated heterocycles. The number of hydrogen-bond donors (Lipinski definition) is 2. The van der Waals surface area contributed by atoms with Crippen LogP contribution in [0.1, 0.15) is 65.9 Å². The first kappa shape index (κ1) is 22.5. The molecule has 0 spiro atoms. The third-order valence-electron chi connectivity index (χ3n) is 6.50. The fourth-order valence-corrected chi connectivity index (χ4v) is 5.15. The molecule has 2 N–H and O–H groups in total. The largest absolute Gasteiger partial charge is 0.507 e. The molecular formula is C26H35N5O. The minimum atomic E-state index is 0.0588. The second kappa shape index (κ2) is 8.00. The number of pyridine rings is 1. The highest BCUT2D eigenvalue weighted by atomic mass is 16.3. The Balaban J connectivity index is 1.66. The van der Waals surface area contributed by atoms with Crippen molar-refractivity contribution in [3.8, 4) is 17.0 Å². The number of phenols is 1. The smallest absolute Gasteiger partial charge is 0.151 e. The predicted octanol–water partition coefficient (Wildman–Crippen LogP) is 5.27. The maximum atomic E-state index is 10.6. The molecule has 32 heavy (non-hydrogen) atoms. The third kappa shape index (κ3) is 4.42. The molecule has 170 valence electrons. The van der Waals surface area contributed by atoms with E-state index in [9.17, 15) is 5.11 Å². The second-order valence-electron chi connectivity index (χ2n) is 10.8. The van der Waals surface area contributed by atoms with Crippen molar-refractivity contribution < 1.29 is 5.11 Å². The van der Waals surface area contributed by atoms with Crippen LogP contribution in [0.15, 0.2) is 36.5 Å². The van der Waals surface area contributed by atoms with Crippen LogP contribution in [0.25, 0.3) is 22.2 Å². The Kier molecular flexibility index (Phi) is 5.61. The van der Waals surface area contributed by atoms with Crippen molar-refractivity contribution in [3.63, 3.8) is 0 Å². The molecule has 1 fully saturated rings. The van der Waals surface area contributed by atoms with E-state index in [1.165, 1.54) is 5.56 Å². The zero-order valence-corrected chi connectivity index (χ0v) is 20.3. The fourth-order valence-electron chi connectivity index (χ4n) is 5.15. The first-order chi connectivity index (χ1) is 15.0. The number of aromatic hydroxyl groups is 1. The SMILES string of the molecule is CC(C)c1cnc2c(-c3ccc(N(C)C4CC(C)(C)NC(C)(C)C4)nn3)c(O)ccc2c1. The van der Waals surface area contributed by atoms with E-state index in [4.69, 9.17) is 0 Å². The molecule has 1 aromatic carbocycles. The average molecular weight is 434 g/mol. The van der Waals surface area contributed by atoms with Gasteiger partial charge in [-0.1, -0.05) is 13.8 Å². The molecule has 0 atom stereocenters. The summed E-state index contributed by atoms with van der Waals surface area (Å²) in [4.78, 5) is 6.89. The van der Waals surface area contributed by atoms with E-state index < -0.39 is 0 Å². The molecule has 1 aliphatic rings. The first-order valence-corrected chi connectivity index (χ1v) is 11.4. The molecule has 0 aliphatic carbocycles. The van der Waals surface area contributed by atoms with Crippen molar-refractivity contribution in [1.29, 1.82) is 0 Å². The molecule has 6 heteroatoms. The summed E-state index contributed by atoms with van der Waals surface area (Å²) in [6.45, 7) is 13.3. The van der Waals surface area contributed by atoms with Gasteiger partial charge in [-0.2, -0.15) is 0 Å². The van der Waals surface area contributed by atoms with Crippen molar-refractivity contribution in [2.75, 3.05) is 11.9 Å². The van der Waals surface area contributed by atoms with Crippen LogP contribution >= 0.6 is 0 Å². The molecular weight excluding hydrogens is 398 g/mol. The van der Waals surface area contributed by atoms with Gasteiger partial charge in [-0.3, -0.25) is 4.98 Å². The van der Waals surface area contributed by atoms with Gasteiger partial charge in [0, 0.05) is 35.8 Å². The molecule has 0 bridgehead atoms. The molecule has 3 heterocycles. The lowest BCUT2D eigenvalue weighted by Crippen LogP contribution is -2.62. The van der Waals surface area contributed by atoms with Gasteiger partial charge in [0.1, 0.15) is 5.75 Å². The molecule has 3 aromatic rings. The normalized spacial score (nSPS) is 18.2. The standard InChI is InChI=1S/C26H35N5O/c1-16(2)18-12-17-8-10-21(32)23(24(17)27-15-18)20-9-11-22(29-28-20)31(7)19-13-25(3,4)30-26(5,6)14-19/h8-12,15-16,19,30,32H,13-14H2,1-7H3. The third-order valence-corrected chi connectivity index (χ3v) is 6.50. The highest BCUT2D eigenvalue weighted by molar-refractivity contribution is 5.96. The van der Waals surface area contributed by atoms with Gasteiger partial charge in [0.05, 0.1) is 16.8 Å². The summed E-state index contributed by atoms with van der Waals surface area (Å²) in [6, 6.07) is 10.0. The van der Waals surface area contributed by atoms with Crippen molar-refractivity contribution in [2.24, 2.45) is 0 Å². The van der Waals surface area contributed by atoms with E-state index in [-0.39, 0.29) is 16.8 Å². The molecule has 6 nitrogen and oxygen atoms in total. The van der Waals surface area contributed by atoms with Crippen molar-refractivity contribution >= 4 is 16.7 Å². The van der Waals surface area contributed by atoms with Crippen molar-refractivity contribution in [2.45, 2.75) is 77.4 Å². The van der Waals surface area contributed by atoms with Gasteiger partial charge in [-0.25, -0.2) is 0 Å². The summed E-state index contributed by atoms with van der Waals surface area (Å²) in [5.41, 5.74) is 3.29. The highest BCUT2D eigenvalue weighted by Crippen LogP contribution is 2.36. The summed E-state index contributed by atoms with van der Waals surface area (Å²) >= 11 is 0. The van der Waals surface area contributed by atoms with E-state index in [1.54, 1.807) is 6.07 Å². The number of phenolic OH excluding ortho intramolecular Hbond substituents is 1. The number of rotatable bonds is 4. The lowest BCUT2D eigenvalue weighted by molar-refractivity contribution is 0.160. The van der Waals surface area contributed by atoms with Gasteiger partial charge >= 0.3 is 0 Å². The Hall–Kier alpha value is -2.73. The fraction of sp³-hybridized carbons (Fsp3) is 0.500. The Morgan fingerprint density at radius 2 is 1.72 bits per heavy atom. The quantitative estimate of drug-likeness (QED) is 0.584. The zero-order chi connectivity index (χ0) is 23.3. The number of benzene rings is 1. The van der Waals surface area contributed by atoms with Crippen LogP contribution in [0.4, 0.5) is 5.82 Å². The Morgan fingerprint density at radius 3 is 2.31 bits per heavy atom. The van der Waals surface area contributed by atoms with E-state index >= 15 is 0 Å². The number of nitrogens with one attached hydrogen (secondary N) is 1. The molecule has 2 aromatic heterocycles. The van der Waals surface area contributed by atoms with Crippen LogP contribution < -0.4 is 10.2 Å². The van der Waals surface area contributed by atoms with Crippen LogP contribution in [0.3, 0.4) is 0 Å². The molecule has 1 aliphatic heterocycles. The number of nitrogens with zero attached hydrogens (tertiary/aromatic N) is 4. The Bertz CT molecular complexity index is 1110. The van der Waals surface area contributed by atoms with Gasteiger partial charge < -0.3 is 15.3 Å². The zero-order valence-electron chi connectivity index (χ0n) is 20.3. The predicted molar refractivity (Wildman–Crippen MR) is 131 cm³/mol. The summed E-state index contributed by atoms with van der Waals surface area (Å²) in [5.74, 6) is 1.39. The molecule has 0 unspecified atom stereocenters. The van der Waals surface area contributed by atoms with E-state index in [0.29, 0.717) is 23.2 Å². The molecule has 4 rings (SSSR count). The van der Waals surface area contributed by atoms with Crippen LogP contribution in [0.2, 0.25) is 0 Å². The molecule has 0 radical (unpaired) electrons.